The lowest BCUT2D eigenvalue weighted by atomic mass is 9.48. The van der Waals surface area contributed by atoms with Crippen LogP contribution >= 0.6 is 11.8 Å². The zero-order valence-electron chi connectivity index (χ0n) is 12.9. The second kappa shape index (κ2) is 5.17. The van der Waals surface area contributed by atoms with Gasteiger partial charge in [0.1, 0.15) is 0 Å². The number of hydrogen-bond acceptors (Lipinski definition) is 3. The van der Waals surface area contributed by atoms with Crippen LogP contribution in [0.3, 0.4) is 0 Å². The Morgan fingerprint density at radius 1 is 1.10 bits per heavy atom. The van der Waals surface area contributed by atoms with Crippen molar-refractivity contribution in [2.75, 3.05) is 25.4 Å². The summed E-state index contributed by atoms with van der Waals surface area (Å²) in [6.07, 6.45) is 8.83. The molecule has 1 heterocycles. The molecule has 2 nitrogen and oxygen atoms in total. The molecule has 0 spiro atoms. The van der Waals surface area contributed by atoms with Crippen LogP contribution in [0.4, 0.5) is 0 Å². The Balaban J connectivity index is 1.62. The number of nitrogens with zero attached hydrogens (tertiary/aromatic N) is 1. The monoisotopic (exact) mass is 294 g/mol. The molecular formula is C17H30N2S. The third-order valence-electron chi connectivity index (χ3n) is 7.06. The molecule has 4 saturated carbocycles. The van der Waals surface area contributed by atoms with Crippen LogP contribution < -0.4 is 5.73 Å². The standard InChI is InChI=1S/C17H30N2S/c1-2-16-10-19(3-4-20-16)17(11-18)14-6-12-5-13(8-14)9-15(17)7-12/h12-16H,2-11,18H2,1H3. The first-order valence-electron chi connectivity index (χ1n) is 8.83. The lowest BCUT2D eigenvalue weighted by Gasteiger charge is -2.65. The first-order chi connectivity index (χ1) is 9.76. The highest BCUT2D eigenvalue weighted by Gasteiger charge is 2.59. The van der Waals surface area contributed by atoms with Gasteiger partial charge in [-0.2, -0.15) is 11.8 Å². The largest absolute Gasteiger partial charge is 0.329 e. The zero-order valence-corrected chi connectivity index (χ0v) is 13.7. The molecule has 2 N–H and O–H groups in total. The van der Waals surface area contributed by atoms with Crippen LogP contribution in [0.5, 0.6) is 0 Å². The molecule has 1 saturated heterocycles. The van der Waals surface area contributed by atoms with E-state index in [1.807, 2.05) is 0 Å². The van der Waals surface area contributed by atoms with Crippen molar-refractivity contribution in [1.82, 2.24) is 4.90 Å². The van der Waals surface area contributed by atoms with E-state index in [4.69, 9.17) is 5.73 Å². The normalized spacial score (nSPS) is 51.6. The van der Waals surface area contributed by atoms with Crippen LogP contribution in [0.1, 0.15) is 45.4 Å². The fraction of sp³-hybridized carbons (Fsp3) is 1.00. The molecule has 3 heteroatoms. The van der Waals surface area contributed by atoms with E-state index in [1.165, 1.54) is 50.9 Å². The summed E-state index contributed by atoms with van der Waals surface area (Å²) in [5, 5.41) is 0.851. The van der Waals surface area contributed by atoms with Gasteiger partial charge in [-0.3, -0.25) is 4.90 Å². The van der Waals surface area contributed by atoms with Gasteiger partial charge < -0.3 is 5.73 Å². The lowest BCUT2D eigenvalue weighted by Crippen LogP contribution is -2.70. The Kier molecular flexibility index (Phi) is 3.59. The molecule has 1 unspecified atom stereocenters. The highest BCUT2D eigenvalue weighted by Crippen LogP contribution is 2.60. The topological polar surface area (TPSA) is 29.3 Å². The van der Waals surface area contributed by atoms with Crippen LogP contribution in [0, 0.1) is 23.7 Å². The molecule has 0 aromatic carbocycles. The summed E-state index contributed by atoms with van der Waals surface area (Å²) in [6.45, 7) is 5.87. The molecule has 4 aliphatic carbocycles. The lowest BCUT2D eigenvalue weighted by molar-refractivity contribution is -0.130. The number of nitrogens with two attached hydrogens (primary N) is 1. The summed E-state index contributed by atoms with van der Waals surface area (Å²) in [5.41, 5.74) is 6.85. The Morgan fingerprint density at radius 3 is 2.30 bits per heavy atom. The van der Waals surface area contributed by atoms with Crippen molar-refractivity contribution in [3.63, 3.8) is 0 Å². The van der Waals surface area contributed by atoms with E-state index in [-0.39, 0.29) is 0 Å². The maximum Gasteiger partial charge on any atom is 0.0389 e. The third-order valence-corrected chi connectivity index (χ3v) is 8.43. The number of hydrogen-bond donors (Lipinski definition) is 1. The van der Waals surface area contributed by atoms with Gasteiger partial charge in [0.15, 0.2) is 0 Å². The van der Waals surface area contributed by atoms with Crippen LogP contribution in [0.2, 0.25) is 0 Å². The van der Waals surface area contributed by atoms with Gasteiger partial charge in [-0.05, 0) is 62.2 Å². The number of rotatable bonds is 3. The average Bonchev–Trinajstić information content (AvgIpc) is 2.47. The van der Waals surface area contributed by atoms with E-state index >= 15 is 0 Å². The maximum absolute atomic E-state index is 6.46. The molecule has 114 valence electrons. The van der Waals surface area contributed by atoms with E-state index in [9.17, 15) is 0 Å². The minimum Gasteiger partial charge on any atom is -0.329 e. The van der Waals surface area contributed by atoms with E-state index in [2.05, 4.69) is 23.6 Å². The Morgan fingerprint density at radius 2 is 1.75 bits per heavy atom. The van der Waals surface area contributed by atoms with Gasteiger partial charge >= 0.3 is 0 Å². The first kappa shape index (κ1) is 13.9. The van der Waals surface area contributed by atoms with Crippen LogP contribution in [0.25, 0.3) is 0 Å². The van der Waals surface area contributed by atoms with Crippen molar-refractivity contribution in [2.45, 2.75) is 56.2 Å². The molecule has 0 aromatic heterocycles. The van der Waals surface area contributed by atoms with Gasteiger partial charge in [0.25, 0.3) is 0 Å². The van der Waals surface area contributed by atoms with Gasteiger partial charge in [-0.25, -0.2) is 0 Å². The summed E-state index contributed by atoms with van der Waals surface area (Å²) < 4.78 is 0. The Labute approximate surface area is 128 Å². The van der Waals surface area contributed by atoms with Crippen molar-refractivity contribution in [3.8, 4) is 0 Å². The molecule has 5 rings (SSSR count). The molecule has 4 bridgehead atoms. The average molecular weight is 295 g/mol. The highest BCUT2D eigenvalue weighted by molar-refractivity contribution is 8.00. The zero-order chi connectivity index (χ0) is 13.7. The molecule has 0 aromatic rings. The van der Waals surface area contributed by atoms with E-state index in [1.54, 1.807) is 6.42 Å². The third kappa shape index (κ3) is 1.92. The molecule has 5 fully saturated rings. The minimum atomic E-state index is 0.391. The van der Waals surface area contributed by atoms with E-state index < -0.39 is 0 Å². The smallest absolute Gasteiger partial charge is 0.0389 e. The summed E-state index contributed by atoms with van der Waals surface area (Å²) in [7, 11) is 0. The second-order valence-corrected chi connectivity index (χ2v) is 9.26. The van der Waals surface area contributed by atoms with Crippen molar-refractivity contribution in [2.24, 2.45) is 29.4 Å². The number of thioether (sulfide) groups is 1. The predicted octanol–water partition coefficient (Wildman–Crippen LogP) is 2.97. The fourth-order valence-corrected chi connectivity index (χ4v) is 7.50. The SMILES string of the molecule is CCC1CN(C2(CN)C3CC4CC(C3)CC2C4)CCS1. The van der Waals surface area contributed by atoms with Gasteiger partial charge in [0.2, 0.25) is 0 Å². The summed E-state index contributed by atoms with van der Waals surface area (Å²) in [4.78, 5) is 2.88. The summed E-state index contributed by atoms with van der Waals surface area (Å²) in [6, 6.07) is 0. The molecule has 1 atom stereocenters. The highest BCUT2D eigenvalue weighted by atomic mass is 32.2. The fourth-order valence-electron chi connectivity index (χ4n) is 6.32. The van der Waals surface area contributed by atoms with E-state index in [0.29, 0.717) is 5.54 Å². The van der Waals surface area contributed by atoms with Gasteiger partial charge in [0, 0.05) is 36.2 Å². The maximum atomic E-state index is 6.46. The van der Waals surface area contributed by atoms with Crippen molar-refractivity contribution >= 4 is 11.8 Å². The molecule has 0 radical (unpaired) electrons. The van der Waals surface area contributed by atoms with Crippen molar-refractivity contribution < 1.29 is 0 Å². The molecule has 0 amide bonds. The van der Waals surface area contributed by atoms with Crippen molar-refractivity contribution in [1.29, 1.82) is 0 Å². The molecule has 1 aliphatic heterocycles. The summed E-state index contributed by atoms with van der Waals surface area (Å²) in [5.74, 6) is 5.28. The Hall–Kier alpha value is 0.270. The van der Waals surface area contributed by atoms with Crippen LogP contribution in [0.15, 0.2) is 0 Å². The Bertz CT molecular complexity index is 342. The quantitative estimate of drug-likeness (QED) is 0.868. The van der Waals surface area contributed by atoms with Crippen molar-refractivity contribution in [3.05, 3.63) is 0 Å². The molecule has 20 heavy (non-hydrogen) atoms. The minimum absolute atomic E-state index is 0.391. The second-order valence-electron chi connectivity index (χ2n) is 7.85. The van der Waals surface area contributed by atoms with Gasteiger partial charge in [-0.1, -0.05) is 6.92 Å². The van der Waals surface area contributed by atoms with Crippen LogP contribution in [-0.4, -0.2) is 41.1 Å². The van der Waals surface area contributed by atoms with E-state index in [0.717, 1.165) is 35.5 Å². The van der Waals surface area contributed by atoms with Gasteiger partial charge in [-0.15, -0.1) is 0 Å². The molecule has 5 aliphatic rings. The van der Waals surface area contributed by atoms with Crippen LogP contribution in [-0.2, 0) is 0 Å². The first-order valence-corrected chi connectivity index (χ1v) is 9.87. The summed E-state index contributed by atoms with van der Waals surface area (Å²) >= 11 is 2.20. The molecular weight excluding hydrogens is 264 g/mol. The predicted molar refractivity (Wildman–Crippen MR) is 86.9 cm³/mol. The van der Waals surface area contributed by atoms with Gasteiger partial charge in [0.05, 0.1) is 0 Å².